The molecule has 2 aromatic heterocycles. The molecular weight excluding hydrogens is 224 g/mol. The molecule has 0 aromatic carbocycles. The third kappa shape index (κ3) is 2.96. The fourth-order valence-corrected chi connectivity index (χ4v) is 1.91. The molecule has 0 aliphatic heterocycles. The quantitative estimate of drug-likeness (QED) is 0.901. The fourth-order valence-electron chi connectivity index (χ4n) is 1.91. The molecule has 0 spiro atoms. The van der Waals surface area contributed by atoms with Gasteiger partial charge in [-0.1, -0.05) is 6.07 Å². The maximum Gasteiger partial charge on any atom is 0.131 e. The van der Waals surface area contributed by atoms with Crippen molar-refractivity contribution in [2.75, 3.05) is 0 Å². The van der Waals surface area contributed by atoms with E-state index in [-0.39, 0.29) is 11.6 Å². The SMILES string of the molecule is Cn1ccnc1C(NC(C)(C)C)c1ccccn1. The van der Waals surface area contributed by atoms with Crippen molar-refractivity contribution in [3.63, 3.8) is 0 Å². The van der Waals surface area contributed by atoms with Crippen LogP contribution < -0.4 is 5.32 Å². The van der Waals surface area contributed by atoms with E-state index < -0.39 is 0 Å². The third-order valence-corrected chi connectivity index (χ3v) is 2.68. The Hall–Kier alpha value is -1.68. The van der Waals surface area contributed by atoms with Crippen LogP contribution in [0.2, 0.25) is 0 Å². The Bertz CT molecular complexity index is 496. The monoisotopic (exact) mass is 244 g/mol. The lowest BCUT2D eigenvalue weighted by molar-refractivity contribution is 0.375. The number of hydrogen-bond donors (Lipinski definition) is 1. The molecule has 0 aliphatic carbocycles. The summed E-state index contributed by atoms with van der Waals surface area (Å²) in [7, 11) is 2.00. The lowest BCUT2D eigenvalue weighted by atomic mass is 10.0. The van der Waals surface area contributed by atoms with Gasteiger partial charge in [0.2, 0.25) is 0 Å². The Labute approximate surface area is 108 Å². The van der Waals surface area contributed by atoms with Crippen molar-refractivity contribution in [2.45, 2.75) is 32.4 Å². The van der Waals surface area contributed by atoms with Crippen molar-refractivity contribution < 1.29 is 0 Å². The lowest BCUT2D eigenvalue weighted by Gasteiger charge is -2.28. The van der Waals surface area contributed by atoms with Gasteiger partial charge in [0.25, 0.3) is 0 Å². The molecule has 2 heterocycles. The van der Waals surface area contributed by atoms with E-state index in [2.05, 4.69) is 36.1 Å². The Morgan fingerprint density at radius 3 is 2.44 bits per heavy atom. The van der Waals surface area contributed by atoms with E-state index in [9.17, 15) is 0 Å². The average molecular weight is 244 g/mol. The van der Waals surface area contributed by atoms with Gasteiger partial charge < -0.3 is 4.57 Å². The van der Waals surface area contributed by atoms with Gasteiger partial charge in [-0.3, -0.25) is 10.3 Å². The van der Waals surface area contributed by atoms with Crippen molar-refractivity contribution >= 4 is 0 Å². The number of imidazole rings is 1. The topological polar surface area (TPSA) is 42.7 Å². The largest absolute Gasteiger partial charge is 0.336 e. The summed E-state index contributed by atoms with van der Waals surface area (Å²) >= 11 is 0. The number of aromatic nitrogens is 3. The molecule has 0 bridgehead atoms. The fraction of sp³-hybridized carbons (Fsp3) is 0.429. The van der Waals surface area contributed by atoms with Crippen molar-refractivity contribution in [1.29, 1.82) is 0 Å². The lowest BCUT2D eigenvalue weighted by Crippen LogP contribution is -2.40. The first kappa shape index (κ1) is 12.8. The zero-order valence-electron chi connectivity index (χ0n) is 11.4. The zero-order valence-corrected chi connectivity index (χ0v) is 11.4. The highest BCUT2D eigenvalue weighted by molar-refractivity contribution is 5.18. The molecule has 0 amide bonds. The van der Waals surface area contributed by atoms with Crippen LogP contribution in [-0.4, -0.2) is 20.1 Å². The first-order valence-electron chi connectivity index (χ1n) is 6.13. The van der Waals surface area contributed by atoms with Crippen LogP contribution in [0.4, 0.5) is 0 Å². The van der Waals surface area contributed by atoms with Crippen LogP contribution in [0.3, 0.4) is 0 Å². The van der Waals surface area contributed by atoms with E-state index in [0.29, 0.717) is 0 Å². The molecule has 4 heteroatoms. The second-order valence-corrected chi connectivity index (χ2v) is 5.48. The van der Waals surface area contributed by atoms with Crippen molar-refractivity contribution in [3.8, 4) is 0 Å². The minimum atomic E-state index is -0.00582. The van der Waals surface area contributed by atoms with Crippen LogP contribution >= 0.6 is 0 Å². The smallest absolute Gasteiger partial charge is 0.131 e. The standard InChI is InChI=1S/C14H20N4/c1-14(2,3)17-12(11-7-5-6-8-15-11)13-16-9-10-18(13)4/h5-10,12,17H,1-4H3. The van der Waals surface area contributed by atoms with E-state index >= 15 is 0 Å². The summed E-state index contributed by atoms with van der Waals surface area (Å²) in [5.74, 6) is 0.976. The molecule has 1 N–H and O–H groups in total. The second kappa shape index (κ2) is 4.90. The number of aryl methyl sites for hydroxylation is 1. The molecule has 2 aromatic rings. The minimum absolute atomic E-state index is 0.00574. The van der Waals surface area contributed by atoms with E-state index in [1.807, 2.05) is 48.4 Å². The van der Waals surface area contributed by atoms with Crippen molar-refractivity contribution in [2.24, 2.45) is 7.05 Å². The average Bonchev–Trinajstić information content (AvgIpc) is 2.72. The number of nitrogens with one attached hydrogen (secondary N) is 1. The van der Waals surface area contributed by atoms with Crippen LogP contribution in [0.5, 0.6) is 0 Å². The molecule has 4 nitrogen and oxygen atoms in total. The van der Waals surface area contributed by atoms with E-state index in [1.54, 1.807) is 0 Å². The zero-order chi connectivity index (χ0) is 13.2. The molecule has 0 aliphatic rings. The summed E-state index contributed by atoms with van der Waals surface area (Å²) in [5.41, 5.74) is 0.982. The highest BCUT2D eigenvalue weighted by Gasteiger charge is 2.24. The van der Waals surface area contributed by atoms with Gasteiger partial charge in [-0.2, -0.15) is 0 Å². The number of nitrogens with zero attached hydrogens (tertiary/aromatic N) is 3. The predicted octanol–water partition coefficient (Wildman–Crippen LogP) is 2.29. The van der Waals surface area contributed by atoms with Crippen LogP contribution in [0.25, 0.3) is 0 Å². The van der Waals surface area contributed by atoms with Crippen LogP contribution in [0.15, 0.2) is 36.8 Å². The van der Waals surface area contributed by atoms with E-state index in [0.717, 1.165) is 11.5 Å². The summed E-state index contributed by atoms with van der Waals surface area (Å²) in [6, 6.07) is 5.96. The summed E-state index contributed by atoms with van der Waals surface area (Å²) in [6.07, 6.45) is 5.58. The van der Waals surface area contributed by atoms with Gasteiger partial charge >= 0.3 is 0 Å². The summed E-state index contributed by atoms with van der Waals surface area (Å²) < 4.78 is 2.03. The van der Waals surface area contributed by atoms with Gasteiger partial charge in [-0.25, -0.2) is 4.98 Å². The molecule has 0 radical (unpaired) electrons. The molecule has 2 rings (SSSR count). The summed E-state index contributed by atoms with van der Waals surface area (Å²) in [6.45, 7) is 6.43. The van der Waals surface area contributed by atoms with Gasteiger partial charge in [0.1, 0.15) is 11.9 Å². The minimum Gasteiger partial charge on any atom is -0.336 e. The molecule has 0 saturated heterocycles. The number of hydrogen-bond acceptors (Lipinski definition) is 3. The van der Waals surface area contributed by atoms with E-state index in [1.165, 1.54) is 0 Å². The highest BCUT2D eigenvalue weighted by Crippen LogP contribution is 2.21. The molecule has 1 unspecified atom stereocenters. The summed E-state index contributed by atoms with van der Waals surface area (Å²) in [4.78, 5) is 8.88. The number of rotatable bonds is 3. The van der Waals surface area contributed by atoms with Gasteiger partial charge in [-0.15, -0.1) is 0 Å². The van der Waals surface area contributed by atoms with Gasteiger partial charge in [0, 0.05) is 31.2 Å². The summed E-state index contributed by atoms with van der Waals surface area (Å²) in [5, 5.41) is 3.57. The Morgan fingerprint density at radius 1 is 1.17 bits per heavy atom. The molecule has 96 valence electrons. The van der Waals surface area contributed by atoms with Crippen molar-refractivity contribution in [3.05, 3.63) is 48.3 Å². The predicted molar refractivity (Wildman–Crippen MR) is 72.2 cm³/mol. The van der Waals surface area contributed by atoms with Crippen LogP contribution in [0.1, 0.15) is 38.3 Å². The Kier molecular flexibility index (Phi) is 3.48. The molecule has 0 fully saturated rings. The van der Waals surface area contributed by atoms with Crippen molar-refractivity contribution in [1.82, 2.24) is 19.9 Å². The van der Waals surface area contributed by atoms with Crippen LogP contribution in [-0.2, 0) is 7.05 Å². The molecule has 1 atom stereocenters. The van der Waals surface area contributed by atoms with Crippen LogP contribution in [0, 0.1) is 0 Å². The van der Waals surface area contributed by atoms with Gasteiger partial charge in [0.15, 0.2) is 0 Å². The normalized spacial score (nSPS) is 13.6. The maximum absolute atomic E-state index is 4.44. The maximum atomic E-state index is 4.44. The third-order valence-electron chi connectivity index (χ3n) is 2.68. The van der Waals surface area contributed by atoms with Gasteiger partial charge in [0.05, 0.1) is 5.69 Å². The first-order chi connectivity index (χ1) is 8.47. The molecule has 18 heavy (non-hydrogen) atoms. The number of pyridine rings is 1. The highest BCUT2D eigenvalue weighted by atomic mass is 15.1. The van der Waals surface area contributed by atoms with Gasteiger partial charge in [-0.05, 0) is 32.9 Å². The molecule has 0 saturated carbocycles. The Morgan fingerprint density at radius 2 is 1.94 bits per heavy atom. The van der Waals surface area contributed by atoms with E-state index in [4.69, 9.17) is 0 Å². The second-order valence-electron chi connectivity index (χ2n) is 5.48. The molecular formula is C14H20N4. The Balaban J connectivity index is 2.39. The first-order valence-corrected chi connectivity index (χ1v) is 6.13.